The Kier molecular flexibility index (Phi) is 5.54. The van der Waals surface area contributed by atoms with E-state index in [0.29, 0.717) is 29.2 Å². The number of benzene rings is 3. The van der Waals surface area contributed by atoms with Crippen LogP contribution in [0.5, 0.6) is 23.0 Å². The van der Waals surface area contributed by atoms with E-state index in [2.05, 4.69) is 0 Å². The molecule has 0 amide bonds. The normalized spacial score (nSPS) is 10.2. The lowest BCUT2D eigenvalue weighted by Crippen LogP contribution is -1.97. The van der Waals surface area contributed by atoms with Crippen molar-refractivity contribution < 1.29 is 19.0 Å². The van der Waals surface area contributed by atoms with Gasteiger partial charge in [-0.1, -0.05) is 30.3 Å². The molecule has 0 unspecified atom stereocenters. The smallest absolute Gasteiger partial charge is 0.153 e. The molecule has 0 fully saturated rings. The molecule has 3 aromatic rings. The van der Waals surface area contributed by atoms with Crippen LogP contribution in [-0.4, -0.2) is 20.5 Å². The van der Waals surface area contributed by atoms with Crippen molar-refractivity contribution in [3.63, 3.8) is 0 Å². The highest BCUT2D eigenvalue weighted by Crippen LogP contribution is 2.32. The highest BCUT2D eigenvalue weighted by Gasteiger charge is 2.11. The van der Waals surface area contributed by atoms with Crippen molar-refractivity contribution in [2.45, 2.75) is 6.42 Å². The first kappa shape index (κ1) is 17.5. The number of methoxy groups -OCH3 is 2. The van der Waals surface area contributed by atoms with Gasteiger partial charge in [0.1, 0.15) is 23.0 Å². The zero-order chi connectivity index (χ0) is 18.4. The highest BCUT2D eigenvalue weighted by atomic mass is 16.5. The highest BCUT2D eigenvalue weighted by molar-refractivity contribution is 5.79. The second kappa shape index (κ2) is 8.21. The third kappa shape index (κ3) is 4.03. The van der Waals surface area contributed by atoms with E-state index in [9.17, 15) is 4.79 Å². The fraction of sp³-hybridized carbons (Fsp3) is 0.136. The number of hydrogen-bond acceptors (Lipinski definition) is 4. The van der Waals surface area contributed by atoms with Gasteiger partial charge in [-0.2, -0.15) is 0 Å². The molecule has 4 nitrogen and oxygen atoms in total. The minimum Gasteiger partial charge on any atom is -0.497 e. The average Bonchev–Trinajstić information content (AvgIpc) is 2.70. The van der Waals surface area contributed by atoms with Crippen LogP contribution in [0.2, 0.25) is 0 Å². The summed E-state index contributed by atoms with van der Waals surface area (Å²) >= 11 is 0. The fourth-order valence-corrected chi connectivity index (χ4v) is 2.66. The first-order valence-corrected chi connectivity index (χ1v) is 8.25. The molecule has 0 N–H and O–H groups in total. The van der Waals surface area contributed by atoms with Crippen LogP contribution < -0.4 is 14.2 Å². The van der Waals surface area contributed by atoms with Gasteiger partial charge < -0.3 is 14.2 Å². The lowest BCUT2D eigenvalue weighted by Gasteiger charge is -2.14. The quantitative estimate of drug-likeness (QED) is 0.570. The van der Waals surface area contributed by atoms with Crippen LogP contribution in [0.4, 0.5) is 0 Å². The predicted molar refractivity (Wildman–Crippen MR) is 101 cm³/mol. The van der Waals surface area contributed by atoms with Crippen molar-refractivity contribution in [3.05, 3.63) is 83.4 Å². The predicted octanol–water partition coefficient (Wildman–Crippen LogP) is 4.90. The van der Waals surface area contributed by atoms with Crippen molar-refractivity contribution in [2.75, 3.05) is 14.2 Å². The van der Waals surface area contributed by atoms with E-state index in [0.717, 1.165) is 23.2 Å². The van der Waals surface area contributed by atoms with Crippen LogP contribution in [0.25, 0.3) is 0 Å². The second-order valence-electron chi connectivity index (χ2n) is 5.76. The molecule has 3 rings (SSSR count). The standard InChI is InChI=1S/C22H20O4/c1-24-19-10-7-16(8-11-19)13-17-9-12-20(25-2)14-22(17)26-21-6-4-3-5-18(21)15-23/h3-12,14-15H,13H2,1-2H3. The topological polar surface area (TPSA) is 44.8 Å². The number of ether oxygens (including phenoxy) is 3. The van der Waals surface area contributed by atoms with E-state index < -0.39 is 0 Å². The molecule has 0 aliphatic rings. The fourth-order valence-electron chi connectivity index (χ4n) is 2.66. The summed E-state index contributed by atoms with van der Waals surface area (Å²) in [5, 5.41) is 0. The van der Waals surface area contributed by atoms with Gasteiger partial charge in [0, 0.05) is 12.5 Å². The largest absolute Gasteiger partial charge is 0.497 e. The third-order valence-electron chi connectivity index (χ3n) is 4.09. The Morgan fingerprint density at radius 2 is 1.50 bits per heavy atom. The summed E-state index contributed by atoms with van der Waals surface area (Å²) in [5.41, 5.74) is 2.63. The number of carbonyl (C=O) groups excluding carboxylic acids is 1. The van der Waals surface area contributed by atoms with Crippen LogP contribution in [0.1, 0.15) is 21.5 Å². The molecular formula is C22H20O4. The van der Waals surface area contributed by atoms with E-state index in [-0.39, 0.29) is 0 Å². The average molecular weight is 348 g/mol. The Balaban J connectivity index is 1.93. The number of aldehydes is 1. The molecule has 0 aliphatic heterocycles. The Morgan fingerprint density at radius 1 is 0.808 bits per heavy atom. The zero-order valence-corrected chi connectivity index (χ0v) is 14.8. The molecule has 4 heteroatoms. The number of hydrogen-bond donors (Lipinski definition) is 0. The summed E-state index contributed by atoms with van der Waals surface area (Å²) in [7, 11) is 3.26. The van der Waals surface area contributed by atoms with E-state index in [1.54, 1.807) is 32.4 Å². The molecule has 3 aromatic carbocycles. The molecule has 132 valence electrons. The molecule has 0 aromatic heterocycles. The third-order valence-corrected chi connectivity index (χ3v) is 4.09. The Hall–Kier alpha value is -3.27. The SMILES string of the molecule is COc1ccc(Cc2ccc(OC)cc2Oc2ccccc2C=O)cc1. The minimum atomic E-state index is 0.505. The summed E-state index contributed by atoms with van der Waals surface area (Å²) in [4.78, 5) is 11.3. The summed E-state index contributed by atoms with van der Waals surface area (Å²) in [6.07, 6.45) is 1.48. The van der Waals surface area contributed by atoms with Crippen molar-refractivity contribution in [3.8, 4) is 23.0 Å². The molecule has 0 saturated carbocycles. The lowest BCUT2D eigenvalue weighted by atomic mass is 10.0. The van der Waals surface area contributed by atoms with Gasteiger partial charge in [-0.3, -0.25) is 4.79 Å². The molecule has 0 atom stereocenters. The van der Waals surface area contributed by atoms with E-state index in [1.165, 1.54) is 0 Å². The van der Waals surface area contributed by atoms with Gasteiger partial charge in [-0.15, -0.1) is 0 Å². The number of rotatable bonds is 7. The van der Waals surface area contributed by atoms with Crippen LogP contribution in [0, 0.1) is 0 Å². The zero-order valence-electron chi connectivity index (χ0n) is 14.8. The maximum Gasteiger partial charge on any atom is 0.153 e. The van der Waals surface area contributed by atoms with Gasteiger partial charge >= 0.3 is 0 Å². The summed E-state index contributed by atoms with van der Waals surface area (Å²) in [5.74, 6) is 2.70. The second-order valence-corrected chi connectivity index (χ2v) is 5.76. The Labute approximate surface area is 153 Å². The van der Waals surface area contributed by atoms with Crippen molar-refractivity contribution >= 4 is 6.29 Å². The minimum absolute atomic E-state index is 0.505. The summed E-state index contributed by atoms with van der Waals surface area (Å²) in [6.45, 7) is 0. The van der Waals surface area contributed by atoms with Gasteiger partial charge in [0.15, 0.2) is 6.29 Å². The molecule has 0 radical (unpaired) electrons. The molecule has 0 spiro atoms. The lowest BCUT2D eigenvalue weighted by molar-refractivity contribution is 0.112. The number of carbonyl (C=O) groups is 1. The molecule has 0 heterocycles. The first-order valence-electron chi connectivity index (χ1n) is 8.25. The van der Waals surface area contributed by atoms with E-state index in [1.807, 2.05) is 48.5 Å². The van der Waals surface area contributed by atoms with Crippen LogP contribution in [-0.2, 0) is 6.42 Å². The number of para-hydroxylation sites is 1. The Bertz CT molecular complexity index is 885. The van der Waals surface area contributed by atoms with Gasteiger partial charge in [-0.05, 0) is 41.5 Å². The Morgan fingerprint density at radius 3 is 2.19 bits per heavy atom. The monoisotopic (exact) mass is 348 g/mol. The maximum absolute atomic E-state index is 11.3. The van der Waals surface area contributed by atoms with E-state index in [4.69, 9.17) is 14.2 Å². The van der Waals surface area contributed by atoms with E-state index >= 15 is 0 Å². The van der Waals surface area contributed by atoms with Gasteiger partial charge in [0.2, 0.25) is 0 Å². The van der Waals surface area contributed by atoms with Crippen LogP contribution in [0.3, 0.4) is 0 Å². The first-order chi connectivity index (χ1) is 12.7. The van der Waals surface area contributed by atoms with Crippen molar-refractivity contribution in [1.29, 1.82) is 0 Å². The summed E-state index contributed by atoms with van der Waals surface area (Å²) in [6, 6.07) is 20.8. The van der Waals surface area contributed by atoms with Gasteiger partial charge in [0.25, 0.3) is 0 Å². The van der Waals surface area contributed by atoms with Gasteiger partial charge in [0.05, 0.1) is 19.8 Å². The molecule has 0 aliphatic carbocycles. The molecule has 26 heavy (non-hydrogen) atoms. The van der Waals surface area contributed by atoms with Crippen LogP contribution in [0.15, 0.2) is 66.7 Å². The van der Waals surface area contributed by atoms with Crippen LogP contribution >= 0.6 is 0 Å². The maximum atomic E-state index is 11.3. The molecule has 0 saturated heterocycles. The van der Waals surface area contributed by atoms with Gasteiger partial charge in [-0.25, -0.2) is 0 Å². The van der Waals surface area contributed by atoms with Crippen molar-refractivity contribution in [1.82, 2.24) is 0 Å². The van der Waals surface area contributed by atoms with Crippen molar-refractivity contribution in [2.24, 2.45) is 0 Å². The molecular weight excluding hydrogens is 328 g/mol. The molecule has 0 bridgehead atoms. The summed E-state index contributed by atoms with van der Waals surface area (Å²) < 4.78 is 16.6.